The summed E-state index contributed by atoms with van der Waals surface area (Å²) in [7, 11) is 1.56. The lowest BCUT2D eigenvalue weighted by molar-refractivity contribution is -0.138. The number of amides is 1. The van der Waals surface area contributed by atoms with E-state index in [1.54, 1.807) is 19.2 Å². The normalized spacial score (nSPS) is 18.6. The molecule has 1 aliphatic rings. The maximum atomic E-state index is 11.6. The van der Waals surface area contributed by atoms with Crippen molar-refractivity contribution in [3.8, 4) is 11.5 Å². The van der Waals surface area contributed by atoms with Crippen molar-refractivity contribution < 1.29 is 24.2 Å². The predicted molar refractivity (Wildman–Crippen MR) is 95.6 cm³/mol. The van der Waals surface area contributed by atoms with E-state index in [-0.39, 0.29) is 17.5 Å². The zero-order valence-corrected chi connectivity index (χ0v) is 14.7. The molecule has 0 spiro atoms. The Kier molecular flexibility index (Phi) is 6.81. The predicted octanol–water partition coefficient (Wildman–Crippen LogP) is 1.88. The van der Waals surface area contributed by atoms with E-state index in [9.17, 15) is 9.59 Å². The van der Waals surface area contributed by atoms with Crippen LogP contribution in [0.15, 0.2) is 28.4 Å². The Balaban J connectivity index is 2.02. The van der Waals surface area contributed by atoms with Crippen LogP contribution in [0.25, 0.3) is 0 Å². The van der Waals surface area contributed by atoms with E-state index >= 15 is 0 Å². The zero-order chi connectivity index (χ0) is 18.2. The number of nitrogens with one attached hydrogen (secondary N) is 1. The van der Waals surface area contributed by atoms with Crippen molar-refractivity contribution in [1.82, 2.24) is 5.32 Å². The molecule has 1 aromatic rings. The minimum absolute atomic E-state index is 0.254. The summed E-state index contributed by atoms with van der Waals surface area (Å²) in [4.78, 5) is 22.3. The quantitative estimate of drug-likeness (QED) is 0.538. The topological polar surface area (TPSA) is 110 Å². The number of carboxylic acid groups (broad SMARTS) is 1. The summed E-state index contributed by atoms with van der Waals surface area (Å²) < 4.78 is 10.9. The number of methoxy groups -OCH3 is 1. The molecule has 8 nitrogen and oxygen atoms in total. The first-order chi connectivity index (χ1) is 12.0. The third-order valence-electron chi connectivity index (χ3n) is 3.14. The van der Waals surface area contributed by atoms with Crippen molar-refractivity contribution in [1.29, 1.82) is 0 Å². The van der Waals surface area contributed by atoms with E-state index in [0.29, 0.717) is 18.1 Å². The maximum absolute atomic E-state index is 11.6. The second-order valence-corrected chi connectivity index (χ2v) is 6.29. The molecule has 1 heterocycles. The number of thioether (sulfide) groups is 1. The number of carboxylic acids is 1. The number of carbonyl (C=O) groups is 2. The van der Waals surface area contributed by atoms with Crippen LogP contribution in [0.2, 0.25) is 0 Å². The lowest BCUT2D eigenvalue weighted by Gasteiger charge is -2.10. The Labute approximate surface area is 149 Å². The average Bonchev–Trinajstić information content (AvgIpc) is 2.92. The number of nitrogens with zero attached hydrogens (tertiary/aromatic N) is 2. The molecule has 1 amide bonds. The van der Waals surface area contributed by atoms with Crippen LogP contribution in [-0.2, 0) is 9.59 Å². The first-order valence-electron chi connectivity index (χ1n) is 7.64. The molecule has 1 unspecified atom stereocenters. The van der Waals surface area contributed by atoms with Crippen LogP contribution in [-0.4, -0.2) is 47.3 Å². The van der Waals surface area contributed by atoms with Crippen molar-refractivity contribution in [2.24, 2.45) is 10.2 Å². The van der Waals surface area contributed by atoms with Gasteiger partial charge in [-0.2, -0.15) is 5.10 Å². The average molecular weight is 365 g/mol. The van der Waals surface area contributed by atoms with Crippen LogP contribution in [0.1, 0.15) is 25.3 Å². The number of hydrogen-bond acceptors (Lipinski definition) is 7. The van der Waals surface area contributed by atoms with Crippen molar-refractivity contribution >= 4 is 35.0 Å². The Morgan fingerprint density at radius 1 is 1.44 bits per heavy atom. The lowest BCUT2D eigenvalue weighted by atomic mass is 10.2. The number of aliphatic carboxylic acids is 1. The molecule has 0 radical (unpaired) electrons. The Bertz CT molecular complexity index is 705. The summed E-state index contributed by atoms with van der Waals surface area (Å²) in [5, 5.41) is 18.7. The molecule has 134 valence electrons. The highest BCUT2D eigenvalue weighted by Crippen LogP contribution is 2.27. The number of carbonyl (C=O) groups excluding carboxylic acids is 1. The second kappa shape index (κ2) is 9.07. The summed E-state index contributed by atoms with van der Waals surface area (Å²) in [6.45, 7) is 2.62. The van der Waals surface area contributed by atoms with Gasteiger partial charge in [0.2, 0.25) is 5.91 Å². The van der Waals surface area contributed by atoms with Crippen LogP contribution >= 0.6 is 11.8 Å². The molecule has 9 heteroatoms. The Morgan fingerprint density at radius 2 is 2.24 bits per heavy atom. The minimum Gasteiger partial charge on any atom is -0.493 e. The third kappa shape index (κ3) is 5.49. The van der Waals surface area contributed by atoms with Gasteiger partial charge in [-0.1, -0.05) is 18.7 Å². The molecule has 0 bridgehead atoms. The number of amidine groups is 1. The zero-order valence-electron chi connectivity index (χ0n) is 13.9. The van der Waals surface area contributed by atoms with Gasteiger partial charge in [-0.25, -0.2) is 0 Å². The maximum Gasteiger partial charge on any atom is 0.305 e. The van der Waals surface area contributed by atoms with Crippen molar-refractivity contribution in [3.63, 3.8) is 0 Å². The van der Waals surface area contributed by atoms with E-state index in [2.05, 4.69) is 15.5 Å². The molecular formula is C16H19N3O5S. The second-order valence-electron chi connectivity index (χ2n) is 5.10. The summed E-state index contributed by atoms with van der Waals surface area (Å²) in [5.74, 6) is -0.159. The standard InChI is InChI=1S/C16H19N3O5S/c1-3-6-24-11-5-4-10(7-12(11)23-2)9-17-19-16-18-15(22)13(25-16)8-14(20)21/h4-5,7,9,13H,3,6,8H2,1-2H3,(H,20,21)(H,18,19,22). The third-order valence-corrected chi connectivity index (χ3v) is 4.21. The molecule has 1 aliphatic heterocycles. The molecule has 0 aliphatic carbocycles. The van der Waals surface area contributed by atoms with Crippen LogP contribution in [0.4, 0.5) is 0 Å². The van der Waals surface area contributed by atoms with Gasteiger partial charge in [0.05, 0.1) is 26.4 Å². The molecule has 1 atom stereocenters. The molecule has 2 N–H and O–H groups in total. The van der Waals surface area contributed by atoms with Crippen LogP contribution in [0.5, 0.6) is 11.5 Å². The molecule has 1 aromatic carbocycles. The van der Waals surface area contributed by atoms with Crippen molar-refractivity contribution in [3.05, 3.63) is 23.8 Å². The first kappa shape index (κ1) is 18.8. The summed E-state index contributed by atoms with van der Waals surface area (Å²) in [6.07, 6.45) is 2.15. The van der Waals surface area contributed by atoms with E-state index in [1.807, 2.05) is 13.0 Å². The molecule has 0 saturated carbocycles. The van der Waals surface area contributed by atoms with Crippen molar-refractivity contribution in [2.75, 3.05) is 13.7 Å². The highest BCUT2D eigenvalue weighted by atomic mass is 32.2. The van der Waals surface area contributed by atoms with Gasteiger partial charge in [0.1, 0.15) is 5.25 Å². The smallest absolute Gasteiger partial charge is 0.305 e. The molecule has 1 saturated heterocycles. The lowest BCUT2D eigenvalue weighted by Crippen LogP contribution is -2.26. The van der Waals surface area contributed by atoms with Gasteiger partial charge in [0.25, 0.3) is 0 Å². The largest absolute Gasteiger partial charge is 0.493 e. The van der Waals surface area contributed by atoms with Crippen molar-refractivity contribution in [2.45, 2.75) is 25.0 Å². The van der Waals surface area contributed by atoms with Crippen LogP contribution in [0, 0.1) is 0 Å². The first-order valence-corrected chi connectivity index (χ1v) is 8.52. The monoisotopic (exact) mass is 365 g/mol. The van der Waals surface area contributed by atoms with Crippen LogP contribution in [0.3, 0.4) is 0 Å². The molecule has 25 heavy (non-hydrogen) atoms. The van der Waals surface area contributed by atoms with Gasteiger partial charge in [0, 0.05) is 0 Å². The number of rotatable bonds is 8. The molecule has 1 fully saturated rings. The van der Waals surface area contributed by atoms with Gasteiger partial charge in [-0.15, -0.1) is 5.10 Å². The summed E-state index contributed by atoms with van der Waals surface area (Å²) in [5.41, 5.74) is 0.751. The molecule has 2 rings (SSSR count). The fourth-order valence-electron chi connectivity index (χ4n) is 1.99. The fraction of sp³-hybridized carbons (Fsp3) is 0.375. The van der Waals surface area contributed by atoms with Gasteiger partial charge in [-0.3, -0.25) is 9.59 Å². The van der Waals surface area contributed by atoms with E-state index in [4.69, 9.17) is 14.6 Å². The van der Waals surface area contributed by atoms with Gasteiger partial charge in [-0.05, 0) is 30.2 Å². The highest BCUT2D eigenvalue weighted by molar-refractivity contribution is 8.15. The Morgan fingerprint density at radius 3 is 2.92 bits per heavy atom. The fourth-order valence-corrected chi connectivity index (χ4v) is 2.90. The summed E-state index contributed by atoms with van der Waals surface area (Å²) >= 11 is 1.05. The van der Waals surface area contributed by atoms with Gasteiger partial charge >= 0.3 is 5.97 Å². The number of hydrogen-bond donors (Lipinski definition) is 2. The molecule has 0 aromatic heterocycles. The van der Waals surface area contributed by atoms with Crippen LogP contribution < -0.4 is 14.8 Å². The minimum atomic E-state index is -1.03. The van der Waals surface area contributed by atoms with E-state index < -0.39 is 11.2 Å². The van der Waals surface area contributed by atoms with E-state index in [1.165, 1.54) is 6.21 Å². The summed E-state index contributed by atoms with van der Waals surface area (Å²) in [6, 6.07) is 5.37. The number of ether oxygens (including phenoxy) is 2. The van der Waals surface area contributed by atoms with Gasteiger partial charge in [0.15, 0.2) is 16.7 Å². The highest BCUT2D eigenvalue weighted by Gasteiger charge is 2.32. The molecular weight excluding hydrogens is 346 g/mol. The SMILES string of the molecule is CCCOc1ccc(C=NN=C2NC(=O)C(CC(=O)O)S2)cc1OC. The number of benzene rings is 1. The Hall–Kier alpha value is -2.55. The van der Waals surface area contributed by atoms with Gasteiger partial charge < -0.3 is 19.9 Å². The van der Waals surface area contributed by atoms with E-state index in [0.717, 1.165) is 23.7 Å².